The van der Waals surface area contributed by atoms with Crippen molar-refractivity contribution < 1.29 is 9.59 Å². The monoisotopic (exact) mass is 510 g/mol. The topological polar surface area (TPSA) is 49.4 Å². The Morgan fingerprint density at radius 2 is 1.55 bits per heavy atom. The number of rotatable bonds is 4. The van der Waals surface area contributed by atoms with Gasteiger partial charge in [0.15, 0.2) is 0 Å². The van der Waals surface area contributed by atoms with E-state index in [4.69, 9.17) is 0 Å². The van der Waals surface area contributed by atoms with Crippen LogP contribution in [0.2, 0.25) is 0 Å². The first kappa shape index (κ1) is 25.4. The summed E-state index contributed by atoms with van der Waals surface area (Å²) in [5.41, 5.74) is 2.98. The van der Waals surface area contributed by atoms with Crippen molar-refractivity contribution in [2.24, 2.45) is 34.5 Å². The van der Waals surface area contributed by atoms with Crippen molar-refractivity contribution in [1.82, 2.24) is 10.2 Å². The molecule has 38 heavy (non-hydrogen) atoms. The Morgan fingerprint density at radius 1 is 0.921 bits per heavy atom. The van der Waals surface area contributed by atoms with Gasteiger partial charge in [-0.1, -0.05) is 80.6 Å². The summed E-state index contributed by atoms with van der Waals surface area (Å²) in [6, 6.07) is 20.8. The van der Waals surface area contributed by atoms with E-state index < -0.39 is 5.54 Å². The predicted octanol–water partition coefficient (Wildman–Crippen LogP) is 6.67. The minimum atomic E-state index is -0.583. The Kier molecular flexibility index (Phi) is 6.09. The molecule has 2 amide bonds. The Morgan fingerprint density at radius 3 is 2.18 bits per heavy atom. The number of likely N-dealkylation sites (tertiary alicyclic amines) is 1. The minimum Gasteiger partial charge on any atom is -0.342 e. The van der Waals surface area contributed by atoms with Gasteiger partial charge in [0.1, 0.15) is 0 Å². The summed E-state index contributed by atoms with van der Waals surface area (Å²) in [4.78, 5) is 28.6. The molecule has 2 saturated carbocycles. The SMILES string of the molecule is CN1C(=O)CC[C@@]2(C)C1=CC[C@H]1[C@@H]3CC[C@H](C(=O)NC(C)(c4ccccc4)c4ccccc4)[C@@]3(C)CC[C@@H]12. The smallest absolute Gasteiger partial charge is 0.226 e. The number of allylic oxidation sites excluding steroid dienone is 2. The van der Waals surface area contributed by atoms with E-state index in [0.29, 0.717) is 24.2 Å². The van der Waals surface area contributed by atoms with Crippen LogP contribution < -0.4 is 5.32 Å². The van der Waals surface area contributed by atoms with Crippen LogP contribution in [-0.2, 0) is 15.1 Å². The fourth-order valence-corrected chi connectivity index (χ4v) is 9.20. The number of hydrogen-bond donors (Lipinski definition) is 1. The van der Waals surface area contributed by atoms with E-state index in [0.717, 1.165) is 49.7 Å². The van der Waals surface area contributed by atoms with Crippen LogP contribution in [-0.4, -0.2) is 23.8 Å². The normalized spacial score (nSPS) is 34.6. The average molecular weight is 511 g/mol. The van der Waals surface area contributed by atoms with Crippen molar-refractivity contribution in [1.29, 1.82) is 0 Å². The van der Waals surface area contributed by atoms with E-state index in [9.17, 15) is 9.59 Å². The van der Waals surface area contributed by atoms with Crippen molar-refractivity contribution in [3.63, 3.8) is 0 Å². The van der Waals surface area contributed by atoms with E-state index in [2.05, 4.69) is 80.7 Å². The molecule has 0 unspecified atom stereocenters. The summed E-state index contributed by atoms with van der Waals surface area (Å²) in [6.45, 7) is 6.97. The van der Waals surface area contributed by atoms with E-state index in [1.807, 2.05) is 24.1 Å². The van der Waals surface area contributed by atoms with Crippen molar-refractivity contribution in [2.45, 2.75) is 71.3 Å². The van der Waals surface area contributed by atoms with Gasteiger partial charge in [0.2, 0.25) is 11.8 Å². The maximum Gasteiger partial charge on any atom is 0.226 e. The summed E-state index contributed by atoms with van der Waals surface area (Å²) in [6.07, 6.45) is 9.34. The van der Waals surface area contributed by atoms with E-state index in [-0.39, 0.29) is 28.6 Å². The van der Waals surface area contributed by atoms with E-state index in [1.165, 1.54) is 5.70 Å². The maximum atomic E-state index is 14.2. The highest BCUT2D eigenvalue weighted by atomic mass is 16.2. The third kappa shape index (κ3) is 3.70. The molecule has 0 bridgehead atoms. The zero-order valence-corrected chi connectivity index (χ0v) is 23.4. The number of fused-ring (bicyclic) bond motifs is 5. The molecule has 200 valence electrons. The van der Waals surface area contributed by atoms with Crippen molar-refractivity contribution in [2.75, 3.05) is 7.05 Å². The minimum absolute atomic E-state index is 0.0115. The Labute approximate surface area is 227 Å². The van der Waals surface area contributed by atoms with Gasteiger partial charge in [-0.15, -0.1) is 0 Å². The van der Waals surface area contributed by atoms with Crippen LogP contribution in [0.4, 0.5) is 0 Å². The molecule has 2 aromatic rings. The van der Waals surface area contributed by atoms with Gasteiger partial charge in [-0.25, -0.2) is 0 Å². The Bertz CT molecular complexity index is 1210. The first-order chi connectivity index (χ1) is 18.2. The number of amides is 2. The Balaban J connectivity index is 1.28. The van der Waals surface area contributed by atoms with E-state index >= 15 is 0 Å². The molecule has 4 nitrogen and oxygen atoms in total. The first-order valence-electron chi connectivity index (χ1n) is 14.6. The molecule has 0 spiro atoms. The number of hydrogen-bond acceptors (Lipinski definition) is 2. The second-order valence-electron chi connectivity index (χ2n) is 13.1. The number of nitrogens with one attached hydrogen (secondary N) is 1. The van der Waals surface area contributed by atoms with Gasteiger partial charge in [0, 0.05) is 30.5 Å². The third-order valence-electron chi connectivity index (χ3n) is 11.4. The van der Waals surface area contributed by atoms with Crippen LogP contribution in [0.15, 0.2) is 72.4 Å². The maximum absolute atomic E-state index is 14.2. The van der Waals surface area contributed by atoms with Gasteiger partial charge >= 0.3 is 0 Å². The van der Waals surface area contributed by atoms with Crippen LogP contribution in [0.25, 0.3) is 0 Å². The third-order valence-corrected chi connectivity index (χ3v) is 11.4. The summed E-state index contributed by atoms with van der Waals surface area (Å²) in [7, 11) is 1.96. The van der Waals surface area contributed by atoms with Crippen molar-refractivity contribution in [3.05, 3.63) is 83.6 Å². The standard InChI is InChI=1S/C34H42N2O2/c1-32-21-19-27-25(15-18-29-33(27,2)22-20-30(37)36(29)4)26(32)16-17-28(32)31(38)35-34(3,23-11-7-5-8-12-23)24-13-9-6-10-14-24/h5-14,18,25-28H,15-17,19-22H2,1-4H3,(H,35,38)/t25-,26-,27-,28+,32-,33+/m0/s1. The average Bonchev–Trinajstić information content (AvgIpc) is 3.29. The molecule has 0 aromatic heterocycles. The molecule has 3 fully saturated rings. The number of piperidine rings is 1. The summed E-state index contributed by atoms with van der Waals surface area (Å²) < 4.78 is 0. The highest BCUT2D eigenvalue weighted by Crippen LogP contribution is 2.66. The molecule has 4 aliphatic rings. The summed E-state index contributed by atoms with van der Waals surface area (Å²) in [5.74, 6) is 2.21. The van der Waals surface area contributed by atoms with Gasteiger partial charge in [0.25, 0.3) is 0 Å². The molecule has 1 N–H and O–H groups in total. The number of carbonyl (C=O) groups is 2. The van der Waals surface area contributed by atoms with Crippen LogP contribution in [0.5, 0.6) is 0 Å². The second kappa shape index (κ2) is 9.10. The van der Waals surface area contributed by atoms with Gasteiger partial charge < -0.3 is 10.2 Å². The zero-order chi connectivity index (χ0) is 26.7. The molecular weight excluding hydrogens is 468 g/mol. The lowest BCUT2D eigenvalue weighted by atomic mass is 9.49. The molecule has 4 heteroatoms. The van der Waals surface area contributed by atoms with Crippen LogP contribution >= 0.6 is 0 Å². The molecule has 1 aliphatic heterocycles. The molecule has 0 radical (unpaired) electrons. The predicted molar refractivity (Wildman–Crippen MR) is 151 cm³/mol. The van der Waals surface area contributed by atoms with Crippen molar-refractivity contribution in [3.8, 4) is 0 Å². The highest BCUT2D eigenvalue weighted by Gasteiger charge is 2.60. The molecular formula is C34H42N2O2. The second-order valence-corrected chi connectivity index (χ2v) is 13.1. The lowest BCUT2D eigenvalue weighted by Gasteiger charge is -2.58. The zero-order valence-electron chi connectivity index (χ0n) is 23.4. The molecule has 2 aromatic carbocycles. The quantitative estimate of drug-likeness (QED) is 0.499. The number of nitrogens with zero attached hydrogens (tertiary/aromatic N) is 1. The lowest BCUT2D eigenvalue weighted by Crippen LogP contribution is -2.55. The molecule has 6 rings (SSSR count). The molecule has 3 aliphatic carbocycles. The summed E-state index contributed by atoms with van der Waals surface area (Å²) in [5, 5.41) is 3.57. The fraction of sp³-hybridized carbons (Fsp3) is 0.529. The van der Waals surface area contributed by atoms with Gasteiger partial charge in [-0.2, -0.15) is 0 Å². The van der Waals surface area contributed by atoms with Gasteiger partial charge in [-0.3, -0.25) is 9.59 Å². The number of benzene rings is 2. The summed E-state index contributed by atoms with van der Waals surface area (Å²) >= 11 is 0. The first-order valence-corrected chi connectivity index (χ1v) is 14.6. The largest absolute Gasteiger partial charge is 0.342 e. The molecule has 6 atom stereocenters. The van der Waals surface area contributed by atoms with E-state index in [1.54, 1.807) is 0 Å². The van der Waals surface area contributed by atoms with Crippen LogP contribution in [0, 0.1) is 34.5 Å². The Hall–Kier alpha value is -2.88. The molecule has 1 saturated heterocycles. The van der Waals surface area contributed by atoms with Gasteiger partial charge in [0.05, 0.1) is 5.54 Å². The fourth-order valence-electron chi connectivity index (χ4n) is 9.20. The van der Waals surface area contributed by atoms with Gasteiger partial charge in [-0.05, 0) is 79.7 Å². The lowest BCUT2D eigenvalue weighted by molar-refractivity contribution is -0.139. The van der Waals surface area contributed by atoms with Crippen LogP contribution in [0.3, 0.4) is 0 Å². The van der Waals surface area contributed by atoms with Crippen molar-refractivity contribution >= 4 is 11.8 Å². The molecule has 1 heterocycles. The van der Waals surface area contributed by atoms with Crippen LogP contribution in [0.1, 0.15) is 76.8 Å². The highest BCUT2D eigenvalue weighted by molar-refractivity contribution is 5.82. The number of carbonyl (C=O) groups excluding carboxylic acids is 2.